The highest BCUT2D eigenvalue weighted by atomic mass is 35.5. The molecule has 0 radical (unpaired) electrons. The van der Waals surface area contributed by atoms with E-state index in [1.165, 1.54) is 0 Å². The van der Waals surface area contributed by atoms with Crippen molar-refractivity contribution in [3.05, 3.63) is 71.8 Å². The summed E-state index contributed by atoms with van der Waals surface area (Å²) in [6.07, 6.45) is -0.999. The van der Waals surface area contributed by atoms with E-state index >= 15 is 0 Å². The Morgan fingerprint density at radius 3 is 2.00 bits per heavy atom. The van der Waals surface area contributed by atoms with Crippen molar-refractivity contribution in [3.63, 3.8) is 0 Å². The molecule has 0 spiro atoms. The lowest BCUT2D eigenvalue weighted by atomic mass is 10.00. The second-order valence-corrected chi connectivity index (χ2v) is 4.46. The highest BCUT2D eigenvalue weighted by Crippen LogP contribution is 2.23. The van der Waals surface area contributed by atoms with Crippen molar-refractivity contribution in [1.82, 2.24) is 0 Å². The fraction of sp³-hybridized carbons (Fsp3) is 0.133. The molecular weight excluding hydrogens is 248 g/mol. The maximum Gasteiger partial charge on any atom is 0.183 e. The van der Waals surface area contributed by atoms with Gasteiger partial charge in [0.2, 0.25) is 0 Å². The van der Waals surface area contributed by atoms with Crippen molar-refractivity contribution < 1.29 is 9.90 Å². The lowest BCUT2D eigenvalue weighted by Crippen LogP contribution is -2.22. The number of aliphatic hydroxyl groups is 1. The van der Waals surface area contributed by atoms with E-state index in [0.29, 0.717) is 11.1 Å². The van der Waals surface area contributed by atoms with Crippen LogP contribution in [0.3, 0.4) is 0 Å². The highest BCUT2D eigenvalue weighted by Gasteiger charge is 2.26. The summed E-state index contributed by atoms with van der Waals surface area (Å²) in [5, 5.41) is 9.09. The standard InChI is InChI=1S/C15H13ClO2/c16-13(14(17)11-7-3-1-4-8-11)15(18)12-9-5-2-6-10-12/h1-10,13-14,17H/t13-,14+/m1/s1. The smallest absolute Gasteiger partial charge is 0.183 e. The average Bonchev–Trinajstić information content (AvgIpc) is 2.47. The first-order chi connectivity index (χ1) is 8.70. The minimum absolute atomic E-state index is 0.270. The molecule has 2 nitrogen and oxygen atoms in total. The van der Waals surface area contributed by atoms with E-state index in [1.807, 2.05) is 12.1 Å². The molecule has 0 unspecified atom stereocenters. The zero-order valence-electron chi connectivity index (χ0n) is 9.66. The normalized spacial score (nSPS) is 13.9. The van der Waals surface area contributed by atoms with E-state index in [2.05, 4.69) is 0 Å². The number of carbonyl (C=O) groups excluding carboxylic acids is 1. The molecule has 2 aromatic rings. The van der Waals surface area contributed by atoms with Crippen LogP contribution in [0.15, 0.2) is 60.7 Å². The van der Waals surface area contributed by atoms with Crippen LogP contribution in [-0.2, 0) is 0 Å². The number of ketones is 1. The van der Waals surface area contributed by atoms with Gasteiger partial charge in [0.15, 0.2) is 5.78 Å². The van der Waals surface area contributed by atoms with Gasteiger partial charge in [0.05, 0.1) is 0 Å². The maximum atomic E-state index is 12.1. The predicted octanol–water partition coefficient (Wildman–Crippen LogP) is 3.21. The summed E-state index contributed by atoms with van der Waals surface area (Å²) < 4.78 is 0. The largest absolute Gasteiger partial charge is 0.386 e. The topological polar surface area (TPSA) is 37.3 Å². The average molecular weight is 261 g/mol. The van der Waals surface area contributed by atoms with Crippen LogP contribution in [0, 0.1) is 0 Å². The molecule has 0 aromatic heterocycles. The van der Waals surface area contributed by atoms with Crippen LogP contribution in [-0.4, -0.2) is 16.3 Å². The first-order valence-electron chi connectivity index (χ1n) is 5.66. The molecule has 0 saturated heterocycles. The molecule has 0 aliphatic carbocycles. The summed E-state index contributed by atoms with van der Waals surface area (Å²) in [5.41, 5.74) is 1.15. The number of hydrogen-bond donors (Lipinski definition) is 1. The fourth-order valence-electron chi connectivity index (χ4n) is 1.72. The zero-order valence-corrected chi connectivity index (χ0v) is 10.4. The van der Waals surface area contributed by atoms with Gasteiger partial charge in [-0.3, -0.25) is 4.79 Å². The third kappa shape index (κ3) is 2.78. The van der Waals surface area contributed by atoms with Gasteiger partial charge in [-0.05, 0) is 5.56 Å². The van der Waals surface area contributed by atoms with Gasteiger partial charge in [0.25, 0.3) is 0 Å². The first kappa shape index (κ1) is 12.8. The molecule has 2 rings (SSSR count). The second kappa shape index (κ2) is 5.80. The van der Waals surface area contributed by atoms with Crippen LogP contribution in [0.5, 0.6) is 0 Å². The van der Waals surface area contributed by atoms with Crippen LogP contribution in [0.1, 0.15) is 22.0 Å². The van der Waals surface area contributed by atoms with Gasteiger partial charge < -0.3 is 5.11 Å². The quantitative estimate of drug-likeness (QED) is 0.677. The van der Waals surface area contributed by atoms with Gasteiger partial charge in [0, 0.05) is 5.56 Å². The molecule has 0 amide bonds. The zero-order chi connectivity index (χ0) is 13.0. The van der Waals surface area contributed by atoms with Gasteiger partial charge in [0.1, 0.15) is 11.5 Å². The number of carbonyl (C=O) groups is 1. The van der Waals surface area contributed by atoms with Gasteiger partial charge >= 0.3 is 0 Å². The number of benzene rings is 2. The number of alkyl halides is 1. The van der Waals surface area contributed by atoms with Crippen molar-refractivity contribution in [3.8, 4) is 0 Å². The Kier molecular flexibility index (Phi) is 4.13. The summed E-state index contributed by atoms with van der Waals surface area (Å²) in [5.74, 6) is -0.270. The van der Waals surface area contributed by atoms with E-state index in [-0.39, 0.29) is 5.78 Å². The highest BCUT2D eigenvalue weighted by molar-refractivity contribution is 6.34. The molecule has 0 heterocycles. The number of rotatable bonds is 4. The Hall–Kier alpha value is -1.64. The monoisotopic (exact) mass is 260 g/mol. The first-order valence-corrected chi connectivity index (χ1v) is 6.10. The second-order valence-electron chi connectivity index (χ2n) is 3.99. The maximum absolute atomic E-state index is 12.1. The summed E-state index contributed by atoms with van der Waals surface area (Å²) >= 11 is 6.05. The predicted molar refractivity (Wildman–Crippen MR) is 71.8 cm³/mol. The molecule has 2 aromatic carbocycles. The van der Waals surface area contributed by atoms with Gasteiger partial charge in [-0.1, -0.05) is 60.7 Å². The number of aliphatic hydroxyl groups excluding tert-OH is 1. The minimum Gasteiger partial charge on any atom is -0.386 e. The third-order valence-electron chi connectivity index (χ3n) is 2.73. The minimum atomic E-state index is -0.999. The molecule has 2 atom stereocenters. The molecule has 92 valence electrons. The van der Waals surface area contributed by atoms with Crippen molar-refractivity contribution in [2.24, 2.45) is 0 Å². The summed E-state index contributed by atoms with van der Waals surface area (Å²) in [7, 11) is 0. The van der Waals surface area contributed by atoms with Crippen molar-refractivity contribution in [2.45, 2.75) is 11.5 Å². The van der Waals surface area contributed by atoms with Gasteiger partial charge in [-0.15, -0.1) is 11.6 Å². The van der Waals surface area contributed by atoms with Crippen LogP contribution in [0.25, 0.3) is 0 Å². The SMILES string of the molecule is O=C(c1ccccc1)[C@H](Cl)[C@@H](O)c1ccccc1. The van der Waals surface area contributed by atoms with E-state index in [9.17, 15) is 9.90 Å². The van der Waals surface area contributed by atoms with Crippen LogP contribution < -0.4 is 0 Å². The molecule has 0 aliphatic rings. The number of hydrogen-bond acceptors (Lipinski definition) is 2. The van der Waals surface area contributed by atoms with Gasteiger partial charge in [-0.25, -0.2) is 0 Å². The van der Waals surface area contributed by atoms with E-state index in [0.717, 1.165) is 0 Å². The van der Waals surface area contributed by atoms with E-state index < -0.39 is 11.5 Å². The molecule has 0 saturated carbocycles. The molecular formula is C15H13ClO2. The molecule has 0 fully saturated rings. The Bertz CT molecular complexity index is 511. The lowest BCUT2D eigenvalue weighted by Gasteiger charge is -2.16. The third-order valence-corrected chi connectivity index (χ3v) is 3.16. The van der Waals surface area contributed by atoms with Gasteiger partial charge in [-0.2, -0.15) is 0 Å². The van der Waals surface area contributed by atoms with Crippen LogP contribution in [0.4, 0.5) is 0 Å². The lowest BCUT2D eigenvalue weighted by molar-refractivity contribution is 0.0891. The summed E-state index contributed by atoms with van der Waals surface area (Å²) in [6, 6.07) is 17.7. The number of halogens is 1. The van der Waals surface area contributed by atoms with Crippen LogP contribution in [0.2, 0.25) is 0 Å². The molecule has 0 bridgehead atoms. The van der Waals surface area contributed by atoms with Crippen LogP contribution >= 0.6 is 11.6 Å². The fourth-order valence-corrected chi connectivity index (χ4v) is 2.00. The molecule has 3 heteroatoms. The Labute approximate surface area is 111 Å². The Morgan fingerprint density at radius 2 is 1.44 bits per heavy atom. The summed E-state index contributed by atoms with van der Waals surface area (Å²) in [6.45, 7) is 0. The molecule has 18 heavy (non-hydrogen) atoms. The van der Waals surface area contributed by atoms with Crippen molar-refractivity contribution in [2.75, 3.05) is 0 Å². The van der Waals surface area contributed by atoms with E-state index in [4.69, 9.17) is 11.6 Å². The van der Waals surface area contributed by atoms with E-state index in [1.54, 1.807) is 48.5 Å². The van der Waals surface area contributed by atoms with Crippen molar-refractivity contribution >= 4 is 17.4 Å². The molecule has 1 N–H and O–H groups in total. The molecule has 0 aliphatic heterocycles. The van der Waals surface area contributed by atoms with Crippen molar-refractivity contribution in [1.29, 1.82) is 0 Å². The Morgan fingerprint density at radius 1 is 0.944 bits per heavy atom. The summed E-state index contributed by atoms with van der Waals surface area (Å²) in [4.78, 5) is 12.1. The Balaban J connectivity index is 2.17. The number of Topliss-reactive ketones (excluding diaryl/α,β-unsaturated/α-hetero) is 1.